The number of hydrogen-bond acceptors (Lipinski definition) is 4. The molecule has 20 heavy (non-hydrogen) atoms. The first-order chi connectivity index (χ1) is 9.65. The molecule has 0 atom stereocenters. The van der Waals surface area contributed by atoms with Crippen LogP contribution in [0.1, 0.15) is 10.4 Å². The minimum atomic E-state index is -0.439. The Bertz CT molecular complexity index is 625. The molecular formula is C15H15NO4. The minimum absolute atomic E-state index is 0.113. The van der Waals surface area contributed by atoms with Crippen LogP contribution in [-0.4, -0.2) is 25.2 Å². The van der Waals surface area contributed by atoms with Gasteiger partial charge in [0.1, 0.15) is 17.2 Å². The Hall–Kier alpha value is -2.69. The number of nitrogens with one attached hydrogen (secondary N) is 1. The molecule has 1 amide bonds. The summed E-state index contributed by atoms with van der Waals surface area (Å²) >= 11 is 0. The van der Waals surface area contributed by atoms with Gasteiger partial charge in [0.05, 0.1) is 25.5 Å². The number of amides is 1. The van der Waals surface area contributed by atoms with Gasteiger partial charge < -0.3 is 19.9 Å². The average Bonchev–Trinajstić information content (AvgIpc) is 2.48. The van der Waals surface area contributed by atoms with Gasteiger partial charge in [-0.05, 0) is 30.3 Å². The first-order valence-corrected chi connectivity index (χ1v) is 5.97. The lowest BCUT2D eigenvalue weighted by molar-refractivity contribution is 0.102. The number of anilines is 1. The number of hydrogen-bond donors (Lipinski definition) is 2. The monoisotopic (exact) mass is 273 g/mol. The molecule has 5 nitrogen and oxygen atoms in total. The van der Waals surface area contributed by atoms with Crippen LogP contribution < -0.4 is 14.8 Å². The second-order valence-corrected chi connectivity index (χ2v) is 4.04. The number of para-hydroxylation sites is 2. The second kappa shape index (κ2) is 5.97. The van der Waals surface area contributed by atoms with E-state index in [1.807, 2.05) is 0 Å². The van der Waals surface area contributed by atoms with Gasteiger partial charge in [-0.15, -0.1) is 0 Å². The highest BCUT2D eigenvalue weighted by Gasteiger charge is 2.14. The number of ether oxygens (including phenoxy) is 2. The molecule has 0 aliphatic heterocycles. The van der Waals surface area contributed by atoms with Crippen LogP contribution in [0.25, 0.3) is 0 Å². The summed E-state index contributed by atoms with van der Waals surface area (Å²) in [5, 5.41) is 12.4. The molecule has 0 aliphatic carbocycles. The number of benzene rings is 2. The normalized spacial score (nSPS) is 9.90. The van der Waals surface area contributed by atoms with Crippen molar-refractivity contribution in [1.82, 2.24) is 0 Å². The fourth-order valence-electron chi connectivity index (χ4n) is 1.76. The summed E-state index contributed by atoms with van der Waals surface area (Å²) in [5.74, 6) is 0.486. The van der Waals surface area contributed by atoms with E-state index >= 15 is 0 Å². The molecule has 0 bridgehead atoms. The van der Waals surface area contributed by atoms with Crippen LogP contribution in [0.2, 0.25) is 0 Å². The number of carbonyl (C=O) groups excluding carboxylic acids is 1. The number of methoxy groups -OCH3 is 2. The number of aromatic hydroxyl groups is 1. The van der Waals surface area contributed by atoms with Crippen molar-refractivity contribution in [3.05, 3.63) is 48.0 Å². The zero-order valence-electron chi connectivity index (χ0n) is 11.2. The van der Waals surface area contributed by atoms with E-state index in [0.717, 1.165) is 0 Å². The van der Waals surface area contributed by atoms with E-state index in [-0.39, 0.29) is 11.3 Å². The van der Waals surface area contributed by atoms with E-state index in [0.29, 0.717) is 17.2 Å². The van der Waals surface area contributed by atoms with Gasteiger partial charge in [0.15, 0.2) is 0 Å². The SMILES string of the molecule is COc1ccc(O)c(C(=O)Nc2ccccc2OC)c1. The Kier molecular flexibility index (Phi) is 4.10. The van der Waals surface area contributed by atoms with Crippen LogP contribution in [0.15, 0.2) is 42.5 Å². The number of carbonyl (C=O) groups is 1. The van der Waals surface area contributed by atoms with Crippen molar-refractivity contribution in [2.45, 2.75) is 0 Å². The molecule has 2 aromatic carbocycles. The maximum atomic E-state index is 12.2. The molecule has 0 spiro atoms. The van der Waals surface area contributed by atoms with E-state index in [4.69, 9.17) is 9.47 Å². The van der Waals surface area contributed by atoms with Gasteiger partial charge in [-0.2, -0.15) is 0 Å². The van der Waals surface area contributed by atoms with Crippen LogP contribution >= 0.6 is 0 Å². The fraction of sp³-hybridized carbons (Fsp3) is 0.133. The van der Waals surface area contributed by atoms with Crippen molar-refractivity contribution in [2.75, 3.05) is 19.5 Å². The molecule has 0 unspecified atom stereocenters. The third-order valence-electron chi connectivity index (χ3n) is 2.80. The molecule has 2 aromatic rings. The standard InChI is InChI=1S/C15H15NO4/c1-19-10-7-8-13(17)11(9-10)15(18)16-12-5-3-4-6-14(12)20-2/h3-9,17H,1-2H3,(H,16,18). The van der Waals surface area contributed by atoms with E-state index in [1.54, 1.807) is 30.3 Å². The smallest absolute Gasteiger partial charge is 0.259 e. The van der Waals surface area contributed by atoms with Crippen LogP contribution in [0.5, 0.6) is 17.2 Å². The first kappa shape index (κ1) is 13.7. The van der Waals surface area contributed by atoms with E-state index in [9.17, 15) is 9.90 Å². The summed E-state index contributed by atoms with van der Waals surface area (Å²) in [5.41, 5.74) is 0.664. The van der Waals surface area contributed by atoms with Crippen LogP contribution in [-0.2, 0) is 0 Å². The third-order valence-corrected chi connectivity index (χ3v) is 2.80. The summed E-state index contributed by atoms with van der Waals surface area (Å²) in [6, 6.07) is 11.5. The highest BCUT2D eigenvalue weighted by molar-refractivity contribution is 6.07. The Morgan fingerprint density at radius 1 is 1.10 bits per heavy atom. The zero-order chi connectivity index (χ0) is 14.5. The maximum Gasteiger partial charge on any atom is 0.259 e. The van der Waals surface area contributed by atoms with Crippen molar-refractivity contribution in [3.63, 3.8) is 0 Å². The molecule has 0 fully saturated rings. The third kappa shape index (κ3) is 2.83. The van der Waals surface area contributed by atoms with Crippen molar-refractivity contribution in [3.8, 4) is 17.2 Å². The molecule has 0 saturated heterocycles. The van der Waals surface area contributed by atoms with Crippen LogP contribution in [0.4, 0.5) is 5.69 Å². The molecule has 104 valence electrons. The molecule has 5 heteroatoms. The summed E-state index contributed by atoms with van der Waals surface area (Å²) in [7, 11) is 3.02. The molecular weight excluding hydrogens is 258 g/mol. The zero-order valence-corrected chi connectivity index (χ0v) is 11.2. The summed E-state index contributed by atoms with van der Waals surface area (Å²) in [4.78, 5) is 12.2. The van der Waals surface area contributed by atoms with Crippen LogP contribution in [0, 0.1) is 0 Å². The van der Waals surface area contributed by atoms with Crippen LogP contribution in [0.3, 0.4) is 0 Å². The van der Waals surface area contributed by atoms with Gasteiger partial charge in [0.25, 0.3) is 5.91 Å². The van der Waals surface area contributed by atoms with E-state index < -0.39 is 5.91 Å². The summed E-state index contributed by atoms with van der Waals surface area (Å²) < 4.78 is 10.2. The predicted molar refractivity (Wildman–Crippen MR) is 75.6 cm³/mol. The quantitative estimate of drug-likeness (QED) is 0.898. The second-order valence-electron chi connectivity index (χ2n) is 4.04. The lowest BCUT2D eigenvalue weighted by Gasteiger charge is -2.11. The fourth-order valence-corrected chi connectivity index (χ4v) is 1.76. The summed E-state index contributed by atoms with van der Waals surface area (Å²) in [6.45, 7) is 0. The Morgan fingerprint density at radius 2 is 1.85 bits per heavy atom. The van der Waals surface area contributed by atoms with Crippen molar-refractivity contribution >= 4 is 11.6 Å². The van der Waals surface area contributed by atoms with Gasteiger partial charge in [-0.3, -0.25) is 4.79 Å². The first-order valence-electron chi connectivity index (χ1n) is 5.97. The highest BCUT2D eigenvalue weighted by Crippen LogP contribution is 2.27. The van der Waals surface area contributed by atoms with Crippen molar-refractivity contribution in [2.24, 2.45) is 0 Å². The minimum Gasteiger partial charge on any atom is -0.507 e. The molecule has 0 aromatic heterocycles. The molecule has 0 saturated carbocycles. The average molecular weight is 273 g/mol. The highest BCUT2D eigenvalue weighted by atomic mass is 16.5. The van der Waals surface area contributed by atoms with Gasteiger partial charge in [0, 0.05) is 0 Å². The number of rotatable bonds is 4. The largest absolute Gasteiger partial charge is 0.507 e. The lowest BCUT2D eigenvalue weighted by Crippen LogP contribution is -2.13. The van der Waals surface area contributed by atoms with Crippen molar-refractivity contribution in [1.29, 1.82) is 0 Å². The predicted octanol–water partition coefficient (Wildman–Crippen LogP) is 2.66. The Morgan fingerprint density at radius 3 is 2.55 bits per heavy atom. The molecule has 2 rings (SSSR count). The van der Waals surface area contributed by atoms with E-state index in [2.05, 4.69) is 5.32 Å². The van der Waals surface area contributed by atoms with Gasteiger partial charge >= 0.3 is 0 Å². The van der Waals surface area contributed by atoms with Gasteiger partial charge in [-0.1, -0.05) is 12.1 Å². The maximum absolute atomic E-state index is 12.2. The topological polar surface area (TPSA) is 67.8 Å². The molecule has 2 N–H and O–H groups in total. The number of phenols is 1. The van der Waals surface area contributed by atoms with Gasteiger partial charge in [0.2, 0.25) is 0 Å². The molecule has 0 aliphatic rings. The Balaban J connectivity index is 2.28. The molecule has 0 radical (unpaired) electrons. The molecule has 0 heterocycles. The van der Waals surface area contributed by atoms with E-state index in [1.165, 1.54) is 26.4 Å². The van der Waals surface area contributed by atoms with Crippen molar-refractivity contribution < 1.29 is 19.4 Å². The van der Waals surface area contributed by atoms with Gasteiger partial charge in [-0.25, -0.2) is 0 Å². The summed E-state index contributed by atoms with van der Waals surface area (Å²) in [6.07, 6.45) is 0. The Labute approximate surface area is 116 Å². The number of phenolic OH excluding ortho intramolecular Hbond substituents is 1. The lowest BCUT2D eigenvalue weighted by atomic mass is 10.1.